The molecule has 1 aromatic rings. The van der Waals surface area contributed by atoms with Crippen LogP contribution in [0, 0.1) is 0 Å². The highest BCUT2D eigenvalue weighted by Crippen LogP contribution is 2.00. The Kier molecular flexibility index (Phi) is 5.22. The Balaban J connectivity index is 2.29. The number of aromatic nitrogens is 1. The first-order chi connectivity index (χ1) is 7.74. The lowest BCUT2D eigenvalue weighted by Gasteiger charge is -2.02. The van der Waals surface area contributed by atoms with Gasteiger partial charge in [-0.3, -0.25) is 4.98 Å². The van der Waals surface area contributed by atoms with Crippen molar-refractivity contribution in [2.75, 3.05) is 13.7 Å². The van der Waals surface area contributed by atoms with Crippen LogP contribution in [0.2, 0.25) is 0 Å². The Morgan fingerprint density at radius 3 is 3.00 bits per heavy atom. The zero-order valence-corrected chi connectivity index (χ0v) is 9.47. The van der Waals surface area contributed by atoms with Crippen LogP contribution in [0.5, 0.6) is 0 Å². The van der Waals surface area contributed by atoms with Crippen LogP contribution in [0.1, 0.15) is 12.5 Å². The maximum Gasteiger partial charge on any atom is 0.333 e. The van der Waals surface area contributed by atoms with Crippen molar-refractivity contribution in [2.24, 2.45) is 0 Å². The third-order valence-electron chi connectivity index (χ3n) is 2.01. The molecule has 0 radical (unpaired) electrons. The third-order valence-corrected chi connectivity index (χ3v) is 2.01. The molecule has 0 amide bonds. The van der Waals surface area contributed by atoms with Crippen LogP contribution in [-0.2, 0) is 20.9 Å². The fourth-order valence-corrected chi connectivity index (χ4v) is 1.09. The van der Waals surface area contributed by atoms with Crippen LogP contribution in [-0.4, -0.2) is 24.7 Å². The Bertz CT molecular complexity index is 360. The summed E-state index contributed by atoms with van der Waals surface area (Å²) in [6.45, 7) is 2.56. The smallest absolute Gasteiger partial charge is 0.333 e. The van der Waals surface area contributed by atoms with E-state index in [1.165, 1.54) is 7.11 Å². The van der Waals surface area contributed by atoms with E-state index in [1.54, 1.807) is 25.4 Å². The van der Waals surface area contributed by atoms with E-state index < -0.39 is 0 Å². The SMILES string of the molecule is COC(=O)/C(C)=C/COCc1cccnc1. The Hall–Kier alpha value is -1.68. The monoisotopic (exact) mass is 221 g/mol. The van der Waals surface area contributed by atoms with Gasteiger partial charge in [0.15, 0.2) is 0 Å². The van der Waals surface area contributed by atoms with Gasteiger partial charge in [0.2, 0.25) is 0 Å². The van der Waals surface area contributed by atoms with Crippen molar-refractivity contribution >= 4 is 5.97 Å². The van der Waals surface area contributed by atoms with Crippen molar-refractivity contribution in [3.05, 3.63) is 41.7 Å². The summed E-state index contributed by atoms with van der Waals surface area (Å²) in [5.41, 5.74) is 1.56. The number of nitrogens with zero attached hydrogens (tertiary/aromatic N) is 1. The summed E-state index contributed by atoms with van der Waals surface area (Å²) in [6, 6.07) is 3.79. The number of rotatable bonds is 5. The minimum absolute atomic E-state index is 0.329. The summed E-state index contributed by atoms with van der Waals surface area (Å²) < 4.78 is 9.92. The lowest BCUT2D eigenvalue weighted by Crippen LogP contribution is -2.03. The molecule has 0 aromatic carbocycles. The molecule has 0 saturated heterocycles. The van der Waals surface area contributed by atoms with Gasteiger partial charge in [-0.05, 0) is 24.6 Å². The molecule has 0 atom stereocenters. The predicted octanol–water partition coefficient (Wildman–Crippen LogP) is 1.72. The highest BCUT2D eigenvalue weighted by molar-refractivity contribution is 5.87. The van der Waals surface area contributed by atoms with E-state index in [9.17, 15) is 4.79 Å². The van der Waals surface area contributed by atoms with E-state index >= 15 is 0 Å². The molecule has 4 heteroatoms. The fourth-order valence-electron chi connectivity index (χ4n) is 1.09. The number of esters is 1. The van der Waals surface area contributed by atoms with Crippen molar-refractivity contribution in [1.82, 2.24) is 4.98 Å². The number of ether oxygens (including phenoxy) is 2. The number of pyridine rings is 1. The molecular formula is C12H15NO3. The predicted molar refractivity (Wildman–Crippen MR) is 59.7 cm³/mol. The van der Waals surface area contributed by atoms with Gasteiger partial charge in [-0.2, -0.15) is 0 Å². The Labute approximate surface area is 94.9 Å². The maximum absolute atomic E-state index is 11.0. The Morgan fingerprint density at radius 1 is 1.56 bits per heavy atom. The molecule has 1 aromatic heterocycles. The molecule has 0 unspecified atom stereocenters. The number of hydrogen-bond acceptors (Lipinski definition) is 4. The summed E-state index contributed by atoms with van der Waals surface area (Å²) in [7, 11) is 1.36. The summed E-state index contributed by atoms with van der Waals surface area (Å²) in [5, 5.41) is 0. The second kappa shape index (κ2) is 6.74. The first-order valence-electron chi connectivity index (χ1n) is 4.95. The van der Waals surface area contributed by atoms with Gasteiger partial charge < -0.3 is 9.47 Å². The number of hydrogen-bond donors (Lipinski definition) is 0. The largest absolute Gasteiger partial charge is 0.466 e. The number of carbonyl (C=O) groups excluding carboxylic acids is 1. The topological polar surface area (TPSA) is 48.4 Å². The van der Waals surface area contributed by atoms with Gasteiger partial charge in [0.1, 0.15) is 0 Å². The molecule has 0 fully saturated rings. The zero-order chi connectivity index (χ0) is 11.8. The normalized spacial score (nSPS) is 11.2. The average molecular weight is 221 g/mol. The maximum atomic E-state index is 11.0. The van der Waals surface area contributed by atoms with E-state index in [0.717, 1.165) is 5.56 Å². The van der Waals surface area contributed by atoms with Crippen molar-refractivity contribution in [3.63, 3.8) is 0 Å². The van der Waals surface area contributed by atoms with Gasteiger partial charge in [-0.1, -0.05) is 6.07 Å². The van der Waals surface area contributed by atoms with Crippen LogP contribution in [0.4, 0.5) is 0 Å². The summed E-state index contributed by atoms with van der Waals surface area (Å²) >= 11 is 0. The lowest BCUT2D eigenvalue weighted by atomic mass is 10.3. The Morgan fingerprint density at radius 2 is 2.38 bits per heavy atom. The van der Waals surface area contributed by atoms with Crippen LogP contribution < -0.4 is 0 Å². The van der Waals surface area contributed by atoms with Crippen molar-refractivity contribution in [3.8, 4) is 0 Å². The second-order valence-corrected chi connectivity index (χ2v) is 3.26. The van der Waals surface area contributed by atoms with Gasteiger partial charge in [-0.15, -0.1) is 0 Å². The highest BCUT2D eigenvalue weighted by Gasteiger charge is 2.01. The minimum Gasteiger partial charge on any atom is -0.466 e. The van der Waals surface area contributed by atoms with Gasteiger partial charge in [0.25, 0.3) is 0 Å². The fraction of sp³-hybridized carbons (Fsp3) is 0.333. The summed E-state index contributed by atoms with van der Waals surface area (Å²) in [5.74, 6) is -0.329. The number of carbonyl (C=O) groups is 1. The van der Waals surface area contributed by atoms with Crippen molar-refractivity contribution in [1.29, 1.82) is 0 Å². The third kappa shape index (κ3) is 4.23. The molecule has 0 bridgehead atoms. The molecular weight excluding hydrogens is 206 g/mol. The molecule has 1 heterocycles. The van der Waals surface area contributed by atoms with Crippen LogP contribution in [0.3, 0.4) is 0 Å². The van der Waals surface area contributed by atoms with Gasteiger partial charge >= 0.3 is 5.97 Å². The van der Waals surface area contributed by atoms with Crippen LogP contribution in [0.15, 0.2) is 36.2 Å². The second-order valence-electron chi connectivity index (χ2n) is 3.26. The van der Waals surface area contributed by atoms with Crippen LogP contribution >= 0.6 is 0 Å². The molecule has 0 aliphatic carbocycles. The first kappa shape index (κ1) is 12.4. The molecule has 16 heavy (non-hydrogen) atoms. The molecule has 0 N–H and O–H groups in total. The highest BCUT2D eigenvalue weighted by atomic mass is 16.5. The van der Waals surface area contributed by atoms with E-state index in [0.29, 0.717) is 18.8 Å². The molecule has 0 saturated carbocycles. The zero-order valence-electron chi connectivity index (χ0n) is 9.47. The van der Waals surface area contributed by atoms with E-state index in [2.05, 4.69) is 9.72 Å². The molecule has 0 aliphatic rings. The quantitative estimate of drug-likeness (QED) is 0.431. The molecule has 86 valence electrons. The van der Waals surface area contributed by atoms with E-state index in [1.807, 2.05) is 12.1 Å². The van der Waals surface area contributed by atoms with E-state index in [4.69, 9.17) is 4.74 Å². The molecule has 0 spiro atoms. The van der Waals surface area contributed by atoms with Crippen molar-refractivity contribution < 1.29 is 14.3 Å². The summed E-state index contributed by atoms with van der Waals surface area (Å²) in [6.07, 6.45) is 5.16. The molecule has 0 aliphatic heterocycles. The van der Waals surface area contributed by atoms with Gasteiger partial charge in [0.05, 0.1) is 20.3 Å². The molecule has 1 rings (SSSR count). The average Bonchev–Trinajstić information content (AvgIpc) is 2.34. The van der Waals surface area contributed by atoms with Gasteiger partial charge in [-0.25, -0.2) is 4.79 Å². The lowest BCUT2D eigenvalue weighted by molar-refractivity contribution is -0.136. The summed E-state index contributed by atoms with van der Waals surface area (Å²) in [4.78, 5) is 15.0. The van der Waals surface area contributed by atoms with Crippen molar-refractivity contribution in [2.45, 2.75) is 13.5 Å². The van der Waals surface area contributed by atoms with E-state index in [-0.39, 0.29) is 5.97 Å². The number of methoxy groups -OCH3 is 1. The minimum atomic E-state index is -0.329. The first-order valence-corrected chi connectivity index (χ1v) is 4.95. The van der Waals surface area contributed by atoms with Gasteiger partial charge in [0, 0.05) is 18.0 Å². The standard InChI is InChI=1S/C12H15NO3/c1-10(12(14)15-2)5-7-16-9-11-4-3-6-13-8-11/h3-6,8H,7,9H2,1-2H3/b10-5+. The van der Waals surface area contributed by atoms with Crippen LogP contribution in [0.25, 0.3) is 0 Å². The molecule has 4 nitrogen and oxygen atoms in total.